The van der Waals surface area contributed by atoms with E-state index in [1.54, 1.807) is 0 Å². The van der Waals surface area contributed by atoms with Gasteiger partial charge in [0.1, 0.15) is 12.1 Å². The molecule has 3 atom stereocenters. The van der Waals surface area contributed by atoms with Gasteiger partial charge in [-0.1, -0.05) is 30.3 Å². The Morgan fingerprint density at radius 3 is 2.21 bits per heavy atom. The number of carboxylic acid groups (broad SMARTS) is 1. The predicted molar refractivity (Wildman–Crippen MR) is 111 cm³/mol. The van der Waals surface area contributed by atoms with E-state index in [0.717, 1.165) is 5.56 Å². The molecule has 10 heteroatoms. The molecule has 0 radical (unpaired) electrons. The van der Waals surface area contributed by atoms with Crippen molar-refractivity contribution in [2.24, 2.45) is 11.5 Å². The van der Waals surface area contributed by atoms with Crippen LogP contribution in [0.5, 0.6) is 0 Å². The van der Waals surface area contributed by atoms with Gasteiger partial charge in [-0.2, -0.15) is 11.8 Å². The number of aliphatic carboxylic acids is 1. The molecular weight excluding hydrogens is 396 g/mol. The van der Waals surface area contributed by atoms with Crippen LogP contribution in [0.3, 0.4) is 0 Å². The summed E-state index contributed by atoms with van der Waals surface area (Å²) >= 11 is 1.48. The van der Waals surface area contributed by atoms with E-state index in [2.05, 4.69) is 10.6 Å². The normalized spacial score (nSPS) is 13.7. The number of hydrogen-bond donors (Lipinski definition) is 5. The van der Waals surface area contributed by atoms with Crippen molar-refractivity contribution >= 4 is 35.5 Å². The Balaban J connectivity index is 2.75. The first-order valence-corrected chi connectivity index (χ1v) is 10.5. The Labute approximate surface area is 174 Å². The van der Waals surface area contributed by atoms with Gasteiger partial charge < -0.3 is 27.2 Å². The summed E-state index contributed by atoms with van der Waals surface area (Å²) in [4.78, 5) is 47.3. The number of primary amides is 1. The van der Waals surface area contributed by atoms with Crippen molar-refractivity contribution < 1.29 is 24.3 Å². The summed E-state index contributed by atoms with van der Waals surface area (Å²) in [5, 5.41) is 14.2. The topological polar surface area (TPSA) is 165 Å². The van der Waals surface area contributed by atoms with E-state index >= 15 is 0 Å². The van der Waals surface area contributed by atoms with Crippen molar-refractivity contribution in [2.75, 3.05) is 12.0 Å². The van der Waals surface area contributed by atoms with Gasteiger partial charge in [0, 0.05) is 6.42 Å². The lowest BCUT2D eigenvalue weighted by Gasteiger charge is -2.22. The van der Waals surface area contributed by atoms with E-state index in [0.29, 0.717) is 18.6 Å². The van der Waals surface area contributed by atoms with Crippen LogP contribution in [-0.4, -0.2) is 58.9 Å². The maximum Gasteiger partial charge on any atom is 0.326 e. The third kappa shape index (κ3) is 9.44. The molecule has 160 valence electrons. The van der Waals surface area contributed by atoms with Gasteiger partial charge in [-0.3, -0.25) is 14.4 Å². The van der Waals surface area contributed by atoms with Gasteiger partial charge in [-0.15, -0.1) is 0 Å². The Hall–Kier alpha value is -2.59. The zero-order valence-electron chi connectivity index (χ0n) is 16.3. The number of nitrogens with one attached hydrogen (secondary N) is 2. The standard InChI is InChI=1S/C19H28N4O5S/c1-29-10-9-14(18(26)23-15(19(27)28)7-8-16(21)24)22-17(25)13(20)11-12-5-3-2-4-6-12/h2-6,13-15H,7-11,20H2,1H3,(H2,21,24)(H,22,25)(H,23,26)(H,27,28). The second-order valence-electron chi connectivity index (χ2n) is 6.54. The lowest BCUT2D eigenvalue weighted by Crippen LogP contribution is -2.55. The molecule has 3 unspecified atom stereocenters. The van der Waals surface area contributed by atoms with Gasteiger partial charge >= 0.3 is 5.97 Å². The number of nitrogens with two attached hydrogens (primary N) is 2. The fraction of sp³-hybridized carbons (Fsp3) is 0.474. The summed E-state index contributed by atoms with van der Waals surface area (Å²) in [5.74, 6) is -2.51. The second-order valence-corrected chi connectivity index (χ2v) is 7.53. The Kier molecular flexibility index (Phi) is 10.8. The molecule has 0 heterocycles. The third-order valence-corrected chi connectivity index (χ3v) is 4.82. The zero-order chi connectivity index (χ0) is 21.8. The van der Waals surface area contributed by atoms with E-state index in [1.165, 1.54) is 11.8 Å². The molecule has 0 aromatic heterocycles. The average molecular weight is 425 g/mol. The summed E-state index contributed by atoms with van der Waals surface area (Å²) in [6.07, 6.45) is 2.15. The highest BCUT2D eigenvalue weighted by Gasteiger charge is 2.28. The smallest absolute Gasteiger partial charge is 0.326 e. The number of amides is 3. The highest BCUT2D eigenvalue weighted by molar-refractivity contribution is 7.98. The molecule has 0 aliphatic rings. The third-order valence-electron chi connectivity index (χ3n) is 4.17. The van der Waals surface area contributed by atoms with E-state index in [1.807, 2.05) is 36.6 Å². The maximum atomic E-state index is 12.6. The van der Waals surface area contributed by atoms with Crippen LogP contribution >= 0.6 is 11.8 Å². The molecule has 0 saturated carbocycles. The predicted octanol–water partition coefficient (Wildman–Crippen LogP) is -0.371. The Morgan fingerprint density at radius 1 is 1.03 bits per heavy atom. The fourth-order valence-electron chi connectivity index (χ4n) is 2.56. The van der Waals surface area contributed by atoms with E-state index in [-0.39, 0.29) is 12.8 Å². The zero-order valence-corrected chi connectivity index (χ0v) is 17.1. The number of hydrogen-bond acceptors (Lipinski definition) is 6. The molecule has 1 aromatic carbocycles. The van der Waals surface area contributed by atoms with E-state index in [9.17, 15) is 24.3 Å². The van der Waals surface area contributed by atoms with Gasteiger partial charge in [-0.05, 0) is 36.8 Å². The number of carbonyl (C=O) groups is 4. The Morgan fingerprint density at radius 2 is 1.66 bits per heavy atom. The van der Waals surface area contributed by atoms with Crippen molar-refractivity contribution in [1.29, 1.82) is 0 Å². The maximum absolute atomic E-state index is 12.6. The number of carboxylic acids is 1. The molecule has 0 spiro atoms. The minimum atomic E-state index is -1.28. The van der Waals surface area contributed by atoms with Crippen molar-refractivity contribution in [3.8, 4) is 0 Å². The molecule has 0 bridgehead atoms. The van der Waals surface area contributed by atoms with E-state index in [4.69, 9.17) is 11.5 Å². The first-order chi connectivity index (χ1) is 13.7. The lowest BCUT2D eigenvalue weighted by atomic mass is 10.1. The quantitative estimate of drug-likeness (QED) is 0.288. The molecule has 29 heavy (non-hydrogen) atoms. The highest BCUT2D eigenvalue weighted by Crippen LogP contribution is 2.06. The first kappa shape index (κ1) is 24.4. The van der Waals surface area contributed by atoms with Crippen LogP contribution in [-0.2, 0) is 25.6 Å². The largest absolute Gasteiger partial charge is 0.480 e. The Bertz CT molecular complexity index is 701. The average Bonchev–Trinajstić information content (AvgIpc) is 2.68. The van der Waals surface area contributed by atoms with Crippen LogP contribution in [0.1, 0.15) is 24.8 Å². The summed E-state index contributed by atoms with van der Waals surface area (Å²) in [6, 6.07) is 6.16. The summed E-state index contributed by atoms with van der Waals surface area (Å²) < 4.78 is 0. The molecule has 9 nitrogen and oxygen atoms in total. The van der Waals surface area contributed by atoms with Gasteiger partial charge in [-0.25, -0.2) is 4.79 Å². The molecule has 0 fully saturated rings. The minimum absolute atomic E-state index is 0.132. The van der Waals surface area contributed by atoms with Crippen LogP contribution in [0.4, 0.5) is 0 Å². The SMILES string of the molecule is CSCCC(NC(=O)C(N)Cc1ccccc1)C(=O)NC(CCC(N)=O)C(=O)O. The second kappa shape index (κ2) is 12.8. The number of rotatable bonds is 13. The molecule has 3 amide bonds. The molecule has 0 aliphatic heterocycles. The van der Waals surface area contributed by atoms with Gasteiger partial charge in [0.2, 0.25) is 17.7 Å². The van der Waals surface area contributed by atoms with Crippen molar-refractivity contribution in [3.63, 3.8) is 0 Å². The molecule has 7 N–H and O–H groups in total. The van der Waals surface area contributed by atoms with Gasteiger partial charge in [0.05, 0.1) is 6.04 Å². The molecule has 1 aromatic rings. The number of carbonyl (C=O) groups excluding carboxylic acids is 3. The van der Waals surface area contributed by atoms with Crippen LogP contribution in [0.25, 0.3) is 0 Å². The molecular formula is C19H28N4O5S. The molecule has 1 rings (SSSR count). The molecule has 0 aliphatic carbocycles. The lowest BCUT2D eigenvalue weighted by molar-refractivity contribution is -0.142. The summed E-state index contributed by atoms with van der Waals surface area (Å²) in [7, 11) is 0. The van der Waals surface area contributed by atoms with E-state index < -0.39 is 41.8 Å². The number of thioether (sulfide) groups is 1. The number of benzene rings is 1. The summed E-state index contributed by atoms with van der Waals surface area (Å²) in [5.41, 5.74) is 11.9. The van der Waals surface area contributed by atoms with Crippen molar-refractivity contribution in [1.82, 2.24) is 10.6 Å². The van der Waals surface area contributed by atoms with Gasteiger partial charge in [0.25, 0.3) is 0 Å². The van der Waals surface area contributed by atoms with Crippen molar-refractivity contribution in [3.05, 3.63) is 35.9 Å². The first-order valence-electron chi connectivity index (χ1n) is 9.14. The van der Waals surface area contributed by atoms with Gasteiger partial charge in [0.15, 0.2) is 0 Å². The van der Waals surface area contributed by atoms with Crippen LogP contribution in [0, 0.1) is 0 Å². The van der Waals surface area contributed by atoms with Crippen molar-refractivity contribution in [2.45, 2.75) is 43.8 Å². The monoisotopic (exact) mass is 424 g/mol. The minimum Gasteiger partial charge on any atom is -0.480 e. The highest BCUT2D eigenvalue weighted by atomic mass is 32.2. The van der Waals surface area contributed by atoms with Crippen LogP contribution in [0.2, 0.25) is 0 Å². The van der Waals surface area contributed by atoms with Crippen LogP contribution < -0.4 is 22.1 Å². The summed E-state index contributed by atoms with van der Waals surface area (Å²) in [6.45, 7) is 0. The molecule has 0 saturated heterocycles. The van der Waals surface area contributed by atoms with Crippen LogP contribution in [0.15, 0.2) is 30.3 Å². The fourth-order valence-corrected chi connectivity index (χ4v) is 3.03.